The highest BCUT2D eigenvalue weighted by atomic mass is 35.5. The fourth-order valence-electron chi connectivity index (χ4n) is 3.25. The van der Waals surface area contributed by atoms with Crippen molar-refractivity contribution in [1.29, 1.82) is 0 Å². The first-order chi connectivity index (χ1) is 10.2. The molecule has 0 saturated heterocycles. The van der Waals surface area contributed by atoms with Crippen molar-refractivity contribution in [2.45, 2.75) is 52.3 Å². The molecule has 2 atom stereocenters. The van der Waals surface area contributed by atoms with Gasteiger partial charge in [-0.15, -0.1) is 12.4 Å². The van der Waals surface area contributed by atoms with E-state index < -0.39 is 5.54 Å². The number of aryl methyl sites for hydroxylation is 1. The standard InChI is InChI=1S/C18H28N2O2.ClH/c1-6-22-15-11-18(19,17(15,3)4)16(21)20(5)12-14-10-8-7-9-13(14)2;/h7-10,15H,6,11-12,19H2,1-5H3;1H. The smallest absolute Gasteiger partial charge is 0.243 e. The van der Waals surface area contributed by atoms with Crippen molar-refractivity contribution in [3.8, 4) is 0 Å². The van der Waals surface area contributed by atoms with Crippen molar-refractivity contribution in [2.24, 2.45) is 11.1 Å². The molecule has 5 heteroatoms. The van der Waals surface area contributed by atoms with Gasteiger partial charge in [-0.2, -0.15) is 0 Å². The highest BCUT2D eigenvalue weighted by Crippen LogP contribution is 2.50. The van der Waals surface area contributed by atoms with Gasteiger partial charge in [-0.3, -0.25) is 4.79 Å². The first-order valence-corrected chi connectivity index (χ1v) is 7.94. The van der Waals surface area contributed by atoms with E-state index in [1.54, 1.807) is 4.90 Å². The highest BCUT2D eigenvalue weighted by molar-refractivity contribution is 5.88. The molecule has 0 spiro atoms. The molecule has 1 amide bonds. The van der Waals surface area contributed by atoms with Crippen LogP contribution in [0.4, 0.5) is 0 Å². The molecule has 1 fully saturated rings. The molecule has 23 heavy (non-hydrogen) atoms. The van der Waals surface area contributed by atoms with E-state index in [-0.39, 0.29) is 29.8 Å². The Morgan fingerprint density at radius 1 is 1.39 bits per heavy atom. The van der Waals surface area contributed by atoms with Gasteiger partial charge in [0.15, 0.2) is 0 Å². The summed E-state index contributed by atoms with van der Waals surface area (Å²) in [7, 11) is 1.83. The van der Waals surface area contributed by atoms with Crippen LogP contribution in [-0.4, -0.2) is 36.1 Å². The van der Waals surface area contributed by atoms with Crippen LogP contribution in [0.15, 0.2) is 24.3 Å². The van der Waals surface area contributed by atoms with Crippen molar-refractivity contribution in [2.75, 3.05) is 13.7 Å². The minimum absolute atomic E-state index is 0. The number of benzene rings is 1. The van der Waals surface area contributed by atoms with Gasteiger partial charge in [0.1, 0.15) is 5.54 Å². The zero-order chi connectivity index (χ0) is 16.5. The normalized spacial score (nSPS) is 25.2. The summed E-state index contributed by atoms with van der Waals surface area (Å²) < 4.78 is 5.71. The number of halogens is 1. The first-order valence-electron chi connectivity index (χ1n) is 7.94. The quantitative estimate of drug-likeness (QED) is 0.896. The average molecular weight is 341 g/mol. The van der Waals surface area contributed by atoms with Gasteiger partial charge in [-0.25, -0.2) is 0 Å². The summed E-state index contributed by atoms with van der Waals surface area (Å²) in [6.45, 7) is 9.31. The molecule has 2 N–H and O–H groups in total. The number of carbonyl (C=O) groups is 1. The van der Waals surface area contributed by atoms with Gasteiger partial charge in [0, 0.05) is 32.0 Å². The van der Waals surface area contributed by atoms with Crippen molar-refractivity contribution in [1.82, 2.24) is 4.90 Å². The third kappa shape index (κ3) is 3.39. The van der Waals surface area contributed by atoms with Crippen LogP contribution in [0.2, 0.25) is 0 Å². The molecule has 0 radical (unpaired) electrons. The largest absolute Gasteiger partial charge is 0.378 e. The Hall–Kier alpha value is -1.10. The number of hydrogen-bond acceptors (Lipinski definition) is 3. The van der Waals surface area contributed by atoms with Crippen molar-refractivity contribution in [3.05, 3.63) is 35.4 Å². The van der Waals surface area contributed by atoms with Crippen molar-refractivity contribution in [3.63, 3.8) is 0 Å². The third-order valence-electron chi connectivity index (χ3n) is 5.23. The Morgan fingerprint density at radius 3 is 2.52 bits per heavy atom. The predicted molar refractivity (Wildman–Crippen MR) is 95.6 cm³/mol. The maximum Gasteiger partial charge on any atom is 0.243 e. The van der Waals surface area contributed by atoms with Gasteiger partial charge in [0.25, 0.3) is 0 Å². The second-order valence-corrected chi connectivity index (χ2v) is 6.93. The van der Waals surface area contributed by atoms with Crippen LogP contribution in [-0.2, 0) is 16.1 Å². The molecule has 2 unspecified atom stereocenters. The number of ether oxygens (including phenoxy) is 1. The molecule has 0 bridgehead atoms. The summed E-state index contributed by atoms with van der Waals surface area (Å²) in [5, 5.41) is 0. The number of hydrogen-bond donors (Lipinski definition) is 1. The molecule has 1 aliphatic rings. The number of rotatable bonds is 5. The molecular formula is C18H29ClN2O2. The zero-order valence-electron chi connectivity index (χ0n) is 14.8. The average Bonchev–Trinajstić information content (AvgIpc) is 2.48. The third-order valence-corrected chi connectivity index (χ3v) is 5.23. The van der Waals surface area contributed by atoms with Crippen LogP contribution >= 0.6 is 12.4 Å². The molecule has 4 nitrogen and oxygen atoms in total. The van der Waals surface area contributed by atoms with E-state index in [0.717, 1.165) is 5.56 Å². The van der Waals surface area contributed by atoms with E-state index in [1.165, 1.54) is 5.56 Å². The molecule has 0 heterocycles. The topological polar surface area (TPSA) is 55.6 Å². The lowest BCUT2D eigenvalue weighted by Crippen LogP contribution is -2.75. The number of likely N-dealkylation sites (N-methyl/N-ethyl adjacent to an activating group) is 1. The lowest BCUT2D eigenvalue weighted by molar-refractivity contribution is -0.178. The fourth-order valence-corrected chi connectivity index (χ4v) is 3.25. The second-order valence-electron chi connectivity index (χ2n) is 6.93. The molecular weight excluding hydrogens is 312 g/mol. The van der Waals surface area contributed by atoms with Crippen LogP contribution < -0.4 is 5.73 Å². The van der Waals surface area contributed by atoms with Crippen LogP contribution in [0.25, 0.3) is 0 Å². The summed E-state index contributed by atoms with van der Waals surface area (Å²) in [6, 6.07) is 8.12. The van der Waals surface area contributed by atoms with Crippen LogP contribution in [0.5, 0.6) is 0 Å². The van der Waals surface area contributed by atoms with Crippen molar-refractivity contribution >= 4 is 18.3 Å². The lowest BCUT2D eigenvalue weighted by atomic mass is 9.54. The lowest BCUT2D eigenvalue weighted by Gasteiger charge is -2.58. The number of nitrogens with zero attached hydrogens (tertiary/aromatic N) is 1. The Bertz CT molecular complexity index is 562. The first kappa shape index (κ1) is 19.9. The molecule has 0 aliphatic heterocycles. The summed E-state index contributed by atoms with van der Waals surface area (Å²) in [6.07, 6.45) is 0.642. The zero-order valence-corrected chi connectivity index (χ0v) is 15.6. The Morgan fingerprint density at radius 2 is 2.00 bits per heavy atom. The Balaban J connectivity index is 0.00000264. The van der Waals surface area contributed by atoms with E-state index >= 15 is 0 Å². The van der Waals surface area contributed by atoms with Gasteiger partial charge in [0.05, 0.1) is 6.10 Å². The van der Waals surface area contributed by atoms with E-state index in [0.29, 0.717) is 19.6 Å². The minimum Gasteiger partial charge on any atom is -0.378 e. The highest BCUT2D eigenvalue weighted by Gasteiger charge is 2.63. The van der Waals surface area contributed by atoms with Crippen LogP contribution in [0.3, 0.4) is 0 Å². The summed E-state index contributed by atoms with van der Waals surface area (Å²) in [5.41, 5.74) is 7.62. The molecule has 1 aliphatic carbocycles. The van der Waals surface area contributed by atoms with E-state index in [4.69, 9.17) is 10.5 Å². The molecule has 0 aromatic heterocycles. The molecule has 1 saturated carbocycles. The molecule has 1 aromatic rings. The van der Waals surface area contributed by atoms with E-state index in [2.05, 4.69) is 19.1 Å². The SMILES string of the molecule is CCOC1CC(N)(C(=O)N(C)Cc2ccccc2C)C1(C)C.Cl. The Labute approximate surface area is 145 Å². The van der Waals surface area contributed by atoms with Gasteiger partial charge >= 0.3 is 0 Å². The van der Waals surface area contributed by atoms with Crippen LogP contribution in [0.1, 0.15) is 38.3 Å². The fraction of sp³-hybridized carbons (Fsp3) is 0.611. The monoisotopic (exact) mass is 340 g/mol. The van der Waals surface area contributed by atoms with E-state index in [9.17, 15) is 4.79 Å². The van der Waals surface area contributed by atoms with E-state index in [1.807, 2.05) is 40.0 Å². The molecule has 2 rings (SSSR count). The van der Waals surface area contributed by atoms with Crippen LogP contribution in [0, 0.1) is 12.3 Å². The minimum atomic E-state index is -0.843. The molecule has 1 aromatic carbocycles. The number of amides is 1. The number of nitrogens with two attached hydrogens (primary N) is 1. The van der Waals surface area contributed by atoms with Gasteiger partial charge < -0.3 is 15.4 Å². The van der Waals surface area contributed by atoms with Gasteiger partial charge in [0.2, 0.25) is 5.91 Å². The van der Waals surface area contributed by atoms with Crippen molar-refractivity contribution < 1.29 is 9.53 Å². The predicted octanol–water partition coefficient (Wildman–Crippen LogP) is 2.91. The number of carbonyl (C=O) groups excluding carboxylic acids is 1. The maximum absolute atomic E-state index is 12.9. The molecule has 130 valence electrons. The van der Waals surface area contributed by atoms with Gasteiger partial charge in [-0.05, 0) is 25.0 Å². The summed E-state index contributed by atoms with van der Waals surface area (Å²) in [5.74, 6) is -0.00305. The Kier molecular flexibility index (Phi) is 6.25. The second kappa shape index (κ2) is 7.20. The van der Waals surface area contributed by atoms with Gasteiger partial charge in [-0.1, -0.05) is 38.1 Å². The maximum atomic E-state index is 12.9. The summed E-state index contributed by atoms with van der Waals surface area (Å²) >= 11 is 0. The summed E-state index contributed by atoms with van der Waals surface area (Å²) in [4.78, 5) is 14.6.